The Labute approximate surface area is 134 Å². The molecule has 2 N–H and O–H groups in total. The maximum Gasteiger partial charge on any atom is 0.410 e. The van der Waals surface area contributed by atoms with E-state index in [0.717, 1.165) is 11.3 Å². The zero-order valence-corrected chi connectivity index (χ0v) is 14.0. The summed E-state index contributed by atoms with van der Waals surface area (Å²) in [6.07, 6.45) is 0.418. The second-order valence-corrected chi connectivity index (χ2v) is 7.35. The van der Waals surface area contributed by atoms with Crippen LogP contribution in [0.5, 0.6) is 0 Å². The zero-order valence-electron chi connectivity index (χ0n) is 13.2. The number of urea groups is 1. The van der Waals surface area contributed by atoms with Gasteiger partial charge in [0, 0.05) is 24.0 Å². The Kier molecular flexibility index (Phi) is 5.28. The molecule has 1 aromatic heterocycles. The van der Waals surface area contributed by atoms with Gasteiger partial charge in [-0.1, -0.05) is 6.07 Å². The number of amides is 3. The van der Waals surface area contributed by atoms with E-state index in [1.165, 1.54) is 0 Å². The lowest BCUT2D eigenvalue weighted by Gasteiger charge is -2.24. The number of likely N-dealkylation sites (tertiary alicyclic amines) is 1. The molecular formula is C15H23N3O3S. The lowest BCUT2D eigenvalue weighted by Crippen LogP contribution is -2.44. The highest BCUT2D eigenvalue weighted by Crippen LogP contribution is 2.15. The smallest absolute Gasteiger partial charge is 0.410 e. The van der Waals surface area contributed by atoms with Crippen molar-refractivity contribution >= 4 is 23.5 Å². The molecule has 1 fully saturated rings. The first kappa shape index (κ1) is 16.6. The van der Waals surface area contributed by atoms with Crippen molar-refractivity contribution in [2.75, 3.05) is 13.1 Å². The van der Waals surface area contributed by atoms with E-state index in [4.69, 9.17) is 4.74 Å². The van der Waals surface area contributed by atoms with E-state index in [9.17, 15) is 9.59 Å². The predicted molar refractivity (Wildman–Crippen MR) is 85.9 cm³/mol. The van der Waals surface area contributed by atoms with E-state index in [0.29, 0.717) is 19.6 Å². The molecule has 0 saturated carbocycles. The van der Waals surface area contributed by atoms with Crippen molar-refractivity contribution in [1.82, 2.24) is 15.5 Å². The number of nitrogens with one attached hydrogen (secondary N) is 2. The minimum atomic E-state index is -0.499. The van der Waals surface area contributed by atoms with Gasteiger partial charge >= 0.3 is 12.1 Å². The molecule has 122 valence electrons. The molecule has 3 amide bonds. The number of hydrogen-bond donors (Lipinski definition) is 2. The predicted octanol–water partition coefficient (Wildman–Crippen LogP) is 2.56. The number of rotatable bonds is 3. The molecule has 1 atom stereocenters. The average molecular weight is 325 g/mol. The maximum atomic E-state index is 12.0. The summed E-state index contributed by atoms with van der Waals surface area (Å²) in [5.41, 5.74) is -0.499. The van der Waals surface area contributed by atoms with Gasteiger partial charge < -0.3 is 20.3 Å². The van der Waals surface area contributed by atoms with E-state index in [-0.39, 0.29) is 18.2 Å². The van der Waals surface area contributed by atoms with Crippen LogP contribution < -0.4 is 10.6 Å². The lowest BCUT2D eigenvalue weighted by atomic mass is 10.2. The fourth-order valence-electron chi connectivity index (χ4n) is 2.19. The van der Waals surface area contributed by atoms with E-state index < -0.39 is 5.60 Å². The van der Waals surface area contributed by atoms with Crippen molar-refractivity contribution < 1.29 is 14.3 Å². The second-order valence-electron chi connectivity index (χ2n) is 6.32. The van der Waals surface area contributed by atoms with Crippen LogP contribution in [0.15, 0.2) is 17.5 Å². The summed E-state index contributed by atoms with van der Waals surface area (Å²) in [7, 11) is 0. The molecule has 0 radical (unpaired) electrons. The third kappa shape index (κ3) is 5.22. The Morgan fingerprint density at radius 1 is 1.45 bits per heavy atom. The van der Waals surface area contributed by atoms with Crippen LogP contribution in [0.1, 0.15) is 32.1 Å². The number of thiophene rings is 1. The van der Waals surface area contributed by atoms with Crippen LogP contribution in [-0.2, 0) is 11.3 Å². The maximum absolute atomic E-state index is 12.0. The van der Waals surface area contributed by atoms with E-state index >= 15 is 0 Å². The summed E-state index contributed by atoms with van der Waals surface area (Å²) in [5.74, 6) is 0. The average Bonchev–Trinajstić information content (AvgIpc) is 3.05. The molecule has 1 aliphatic rings. The summed E-state index contributed by atoms with van der Waals surface area (Å²) < 4.78 is 5.33. The zero-order chi connectivity index (χ0) is 16.2. The van der Waals surface area contributed by atoms with Crippen LogP contribution in [0.2, 0.25) is 0 Å². The molecule has 0 bridgehead atoms. The molecule has 1 aliphatic heterocycles. The van der Waals surface area contributed by atoms with E-state index in [1.807, 2.05) is 38.3 Å². The van der Waals surface area contributed by atoms with Crippen LogP contribution in [0.4, 0.5) is 9.59 Å². The van der Waals surface area contributed by atoms with Gasteiger partial charge in [0.2, 0.25) is 0 Å². The van der Waals surface area contributed by atoms with Crippen molar-refractivity contribution in [3.05, 3.63) is 22.4 Å². The number of nitrogens with zero attached hydrogens (tertiary/aromatic N) is 1. The van der Waals surface area contributed by atoms with Crippen LogP contribution in [-0.4, -0.2) is 41.8 Å². The third-order valence-corrected chi connectivity index (χ3v) is 4.05. The van der Waals surface area contributed by atoms with Gasteiger partial charge in [-0.3, -0.25) is 0 Å². The first-order chi connectivity index (χ1) is 10.3. The molecule has 1 aromatic rings. The molecule has 2 heterocycles. The topological polar surface area (TPSA) is 70.7 Å². The van der Waals surface area contributed by atoms with E-state index in [1.54, 1.807) is 16.2 Å². The first-order valence-electron chi connectivity index (χ1n) is 7.38. The summed E-state index contributed by atoms with van der Waals surface area (Å²) in [6.45, 7) is 7.14. The van der Waals surface area contributed by atoms with Gasteiger partial charge in [-0.2, -0.15) is 0 Å². The fourth-order valence-corrected chi connectivity index (χ4v) is 2.83. The molecule has 0 spiro atoms. The van der Waals surface area contributed by atoms with Gasteiger partial charge in [-0.25, -0.2) is 9.59 Å². The largest absolute Gasteiger partial charge is 0.444 e. The quantitative estimate of drug-likeness (QED) is 0.897. The van der Waals surface area contributed by atoms with Gasteiger partial charge in [0.05, 0.1) is 6.54 Å². The summed E-state index contributed by atoms with van der Waals surface area (Å²) >= 11 is 1.61. The molecule has 0 unspecified atom stereocenters. The third-order valence-electron chi connectivity index (χ3n) is 3.18. The number of ether oxygens (including phenoxy) is 1. The molecule has 6 nitrogen and oxygen atoms in total. The Hall–Kier alpha value is -1.76. The van der Waals surface area contributed by atoms with Crippen LogP contribution in [0, 0.1) is 0 Å². The highest BCUT2D eigenvalue weighted by Gasteiger charge is 2.30. The SMILES string of the molecule is CC(C)(C)OC(=O)N1CC[C@@H](NC(=O)NCc2cccs2)C1. The van der Waals surface area contributed by atoms with Crippen molar-refractivity contribution in [3.63, 3.8) is 0 Å². The van der Waals surface area contributed by atoms with E-state index in [2.05, 4.69) is 10.6 Å². The minimum absolute atomic E-state index is 0.0316. The van der Waals surface area contributed by atoms with Crippen molar-refractivity contribution in [1.29, 1.82) is 0 Å². The first-order valence-corrected chi connectivity index (χ1v) is 8.26. The highest BCUT2D eigenvalue weighted by molar-refractivity contribution is 7.09. The normalized spacial score (nSPS) is 18.1. The van der Waals surface area contributed by atoms with Crippen molar-refractivity contribution in [2.24, 2.45) is 0 Å². The van der Waals surface area contributed by atoms with Crippen molar-refractivity contribution in [3.8, 4) is 0 Å². The van der Waals surface area contributed by atoms with Gasteiger partial charge in [0.25, 0.3) is 0 Å². The number of carbonyl (C=O) groups excluding carboxylic acids is 2. The summed E-state index contributed by atoms with van der Waals surface area (Å²) in [6, 6.07) is 3.69. The van der Waals surface area contributed by atoms with Crippen LogP contribution >= 0.6 is 11.3 Å². The van der Waals surface area contributed by atoms with Gasteiger partial charge in [0.15, 0.2) is 0 Å². The highest BCUT2D eigenvalue weighted by atomic mass is 32.1. The van der Waals surface area contributed by atoms with Gasteiger partial charge in [0.1, 0.15) is 5.60 Å². The van der Waals surface area contributed by atoms with Crippen molar-refractivity contribution in [2.45, 2.75) is 45.4 Å². The van der Waals surface area contributed by atoms with Crippen LogP contribution in [0.3, 0.4) is 0 Å². The molecule has 1 saturated heterocycles. The molecule has 0 aromatic carbocycles. The lowest BCUT2D eigenvalue weighted by molar-refractivity contribution is 0.0291. The Morgan fingerprint density at radius 2 is 2.23 bits per heavy atom. The second kappa shape index (κ2) is 7.00. The number of hydrogen-bond acceptors (Lipinski definition) is 4. The molecule has 22 heavy (non-hydrogen) atoms. The monoisotopic (exact) mass is 325 g/mol. The Balaban J connectivity index is 1.71. The number of carbonyl (C=O) groups is 2. The molecule has 0 aliphatic carbocycles. The Bertz CT molecular complexity index is 511. The molecule has 2 rings (SSSR count). The van der Waals surface area contributed by atoms with Crippen LogP contribution in [0.25, 0.3) is 0 Å². The van der Waals surface area contributed by atoms with Gasteiger partial charge in [-0.05, 0) is 38.6 Å². The standard InChI is InChI=1S/C15H23N3O3S/c1-15(2,3)21-14(20)18-7-6-11(10-18)17-13(19)16-9-12-5-4-8-22-12/h4-5,8,11H,6-7,9-10H2,1-3H3,(H2,16,17,19)/t11-/m1/s1. The summed E-state index contributed by atoms with van der Waals surface area (Å²) in [5, 5.41) is 7.69. The molecule has 7 heteroatoms. The van der Waals surface area contributed by atoms with Gasteiger partial charge in [-0.15, -0.1) is 11.3 Å². The molecular weight excluding hydrogens is 302 g/mol. The minimum Gasteiger partial charge on any atom is -0.444 e. The summed E-state index contributed by atoms with van der Waals surface area (Å²) in [4.78, 5) is 26.5. The fraction of sp³-hybridized carbons (Fsp3) is 0.600. The Morgan fingerprint density at radius 3 is 2.86 bits per heavy atom.